The van der Waals surface area contributed by atoms with Gasteiger partial charge in [-0.05, 0) is 118 Å². The van der Waals surface area contributed by atoms with E-state index in [1.165, 1.54) is 9.25 Å². The highest BCUT2D eigenvalue weighted by molar-refractivity contribution is 6.33. The monoisotopic (exact) mass is 955 g/mol. The van der Waals surface area contributed by atoms with Gasteiger partial charge in [0, 0.05) is 69.7 Å². The Labute approximate surface area is 396 Å². The van der Waals surface area contributed by atoms with Gasteiger partial charge in [-0.3, -0.25) is 24.4 Å². The smallest absolute Gasteiger partial charge is 0.301 e. The summed E-state index contributed by atoms with van der Waals surface area (Å²) in [5, 5.41) is 14.9. The number of fused-ring (bicyclic) bond motifs is 4. The summed E-state index contributed by atoms with van der Waals surface area (Å²) in [6.07, 6.45) is 8.91. The van der Waals surface area contributed by atoms with Crippen molar-refractivity contribution < 1.29 is 27.5 Å². The lowest BCUT2D eigenvalue weighted by Gasteiger charge is -2.48. The molecule has 5 aliphatic heterocycles. The van der Waals surface area contributed by atoms with Crippen LogP contribution in [0.1, 0.15) is 76.3 Å². The van der Waals surface area contributed by atoms with Crippen LogP contribution in [0.15, 0.2) is 41.3 Å². The maximum atomic E-state index is 16.3. The van der Waals surface area contributed by atoms with Crippen LogP contribution in [0, 0.1) is 29.0 Å². The topological polar surface area (TPSA) is 155 Å². The molecular weight excluding hydrogens is 899 g/mol. The number of ether oxygens (including phenoxy) is 1. The molecule has 5 aromatic rings. The Kier molecular flexibility index (Phi) is 11.3. The highest BCUT2D eigenvalue weighted by atomic mass is 35.5. The molecular formula is C49H57ClF3N11O4. The van der Waals surface area contributed by atoms with E-state index in [0.717, 1.165) is 77.9 Å². The predicted molar refractivity (Wildman–Crippen MR) is 255 cm³/mol. The SMILES string of the molecule is C[C@H]1CN(c2ccc3c(C4CCC(=O)NC4=O)nn(C)c3c2F)CC[C@H]1CN1CCC2(CC1)CCN(c1ncc(Cl)c(Nc3ccc4c(c3)c3c(c(=O)n4C)OCC(F)(F)[C@H](C4CC4)N3)n1)CC2. The third kappa shape index (κ3) is 8.07. The largest absolute Gasteiger partial charge is 0.480 e. The molecule has 3 aromatic heterocycles. The van der Waals surface area contributed by atoms with Gasteiger partial charge in [-0.1, -0.05) is 18.5 Å². The molecule has 15 nitrogen and oxygen atoms in total. The fraction of sp³-hybridized carbons (Fsp3) is 0.551. The number of anilines is 5. The minimum Gasteiger partial charge on any atom is -0.480 e. The molecule has 8 heterocycles. The number of aromatic nitrogens is 5. The van der Waals surface area contributed by atoms with E-state index >= 15 is 13.2 Å². The van der Waals surface area contributed by atoms with Crippen LogP contribution >= 0.6 is 11.6 Å². The number of alkyl halides is 2. The number of nitrogens with zero attached hydrogens (tertiary/aromatic N) is 8. The highest BCUT2D eigenvalue weighted by Gasteiger charge is 2.51. The Morgan fingerprint density at radius 3 is 2.44 bits per heavy atom. The number of benzene rings is 2. The van der Waals surface area contributed by atoms with Crippen LogP contribution in [0.4, 0.5) is 42.0 Å². The van der Waals surface area contributed by atoms with E-state index in [9.17, 15) is 14.4 Å². The van der Waals surface area contributed by atoms with E-state index < -0.39 is 30.0 Å². The molecule has 1 saturated carbocycles. The quantitative estimate of drug-likeness (QED) is 0.134. The van der Waals surface area contributed by atoms with Gasteiger partial charge < -0.3 is 34.6 Å². The van der Waals surface area contributed by atoms with Crippen LogP contribution < -0.4 is 36.0 Å². The number of imide groups is 1. The van der Waals surface area contributed by atoms with Crippen LogP contribution in [-0.4, -0.2) is 105 Å². The zero-order valence-corrected chi connectivity index (χ0v) is 39.4. The van der Waals surface area contributed by atoms with Crippen LogP contribution in [-0.2, 0) is 23.7 Å². The Balaban J connectivity index is 0.699. The number of amides is 2. The van der Waals surface area contributed by atoms with Gasteiger partial charge in [0.15, 0.2) is 18.2 Å². The van der Waals surface area contributed by atoms with Gasteiger partial charge in [-0.2, -0.15) is 10.1 Å². The summed E-state index contributed by atoms with van der Waals surface area (Å²) in [5.41, 5.74) is 2.72. The maximum Gasteiger partial charge on any atom is 0.301 e. The van der Waals surface area contributed by atoms with Crippen molar-refractivity contribution in [3.05, 3.63) is 63.4 Å². The van der Waals surface area contributed by atoms with Gasteiger partial charge in [0.05, 0.1) is 40.7 Å². The third-order valence-electron chi connectivity index (χ3n) is 16.1. The van der Waals surface area contributed by atoms with Gasteiger partial charge in [0.25, 0.3) is 5.56 Å². The lowest BCUT2D eigenvalue weighted by Crippen LogP contribution is -2.49. The fourth-order valence-electron chi connectivity index (χ4n) is 11.7. The average Bonchev–Trinajstić information content (AvgIpc) is 4.12. The Hall–Kier alpha value is -5.62. The van der Waals surface area contributed by atoms with E-state index in [-0.39, 0.29) is 46.8 Å². The highest BCUT2D eigenvalue weighted by Crippen LogP contribution is 2.47. The molecule has 1 unspecified atom stereocenters. The summed E-state index contributed by atoms with van der Waals surface area (Å²) >= 11 is 6.67. The van der Waals surface area contributed by atoms with E-state index in [1.54, 1.807) is 26.4 Å². The first kappa shape index (κ1) is 44.9. The predicted octanol–water partition coefficient (Wildman–Crippen LogP) is 7.33. The van der Waals surface area contributed by atoms with Gasteiger partial charge in [-0.25, -0.2) is 18.2 Å². The van der Waals surface area contributed by atoms with Gasteiger partial charge in [-0.15, -0.1) is 0 Å². The summed E-state index contributed by atoms with van der Waals surface area (Å²) in [6, 6.07) is 7.97. The Morgan fingerprint density at radius 1 is 0.941 bits per heavy atom. The number of rotatable bonds is 8. The van der Waals surface area contributed by atoms with Crippen LogP contribution in [0.5, 0.6) is 5.75 Å². The van der Waals surface area contributed by atoms with Crippen molar-refractivity contribution >= 4 is 74.0 Å². The van der Waals surface area contributed by atoms with Gasteiger partial charge >= 0.3 is 5.92 Å². The number of hydrogen-bond acceptors (Lipinski definition) is 12. The first-order valence-corrected chi connectivity index (χ1v) is 24.5. The number of likely N-dealkylation sites (tertiary alicyclic amines) is 1. The second-order valence-electron chi connectivity index (χ2n) is 20.4. The van der Waals surface area contributed by atoms with E-state index in [2.05, 4.69) is 47.7 Å². The molecule has 1 spiro atoms. The van der Waals surface area contributed by atoms with Crippen molar-refractivity contribution in [1.29, 1.82) is 0 Å². The standard InChI is InChI=1S/C49H57ClF3N11O4/c1-27-24-64(36-10-7-31-39(59-61(3)41(31)38(36)51)32-8-11-37(65)56-45(32)66)17-12-29(27)25-62-18-13-48(14-19-62)15-20-63(21-16-48)47-54-23-34(50)44(58-47)55-30-6-9-35-33(22-30)40-42(46(67)60(35)2)68-26-49(52,53)43(57-40)28-4-5-28/h6-7,9-10,22-23,27-29,32,43,57H,4-5,8,11-21,24-26H2,1-3H3,(H,54,55,58)(H,56,65,66)/t27-,29-,32?,43-/m0/s1. The number of carbonyl (C=O) groups excluding carboxylic acids is 2. The fourth-order valence-corrected chi connectivity index (χ4v) is 11.9. The van der Waals surface area contributed by atoms with Crippen LogP contribution in [0.2, 0.25) is 5.02 Å². The van der Waals surface area contributed by atoms with E-state index in [0.29, 0.717) is 86.8 Å². The molecule has 19 heteroatoms. The zero-order chi connectivity index (χ0) is 47.2. The number of hydrogen-bond donors (Lipinski definition) is 3. The summed E-state index contributed by atoms with van der Waals surface area (Å²) in [6.45, 7) is 7.71. The number of pyridine rings is 1. The number of nitrogens with one attached hydrogen (secondary N) is 3. The van der Waals surface area contributed by atoms with Crippen LogP contribution in [0.3, 0.4) is 0 Å². The summed E-state index contributed by atoms with van der Waals surface area (Å²) in [4.78, 5) is 54.2. The normalized spacial score (nSPS) is 25.2. The summed E-state index contributed by atoms with van der Waals surface area (Å²) in [7, 11) is 3.31. The van der Waals surface area contributed by atoms with E-state index in [1.807, 2.05) is 24.3 Å². The van der Waals surface area contributed by atoms with Crippen molar-refractivity contribution in [3.63, 3.8) is 0 Å². The third-order valence-corrected chi connectivity index (χ3v) is 16.3. The molecule has 0 bridgehead atoms. The molecule has 2 aromatic carbocycles. The molecule has 68 heavy (non-hydrogen) atoms. The number of piperidine rings is 4. The maximum absolute atomic E-state index is 16.3. The summed E-state index contributed by atoms with van der Waals surface area (Å²) < 4.78 is 55.2. The molecule has 11 rings (SSSR count). The lowest BCUT2D eigenvalue weighted by atomic mass is 9.71. The minimum atomic E-state index is -3.13. The lowest BCUT2D eigenvalue weighted by molar-refractivity contribution is -0.134. The Morgan fingerprint density at radius 2 is 1.71 bits per heavy atom. The van der Waals surface area contributed by atoms with Gasteiger partial charge in [0.1, 0.15) is 10.5 Å². The molecule has 3 N–H and O–H groups in total. The van der Waals surface area contributed by atoms with Crippen molar-refractivity contribution in [2.45, 2.75) is 82.6 Å². The van der Waals surface area contributed by atoms with E-state index in [4.69, 9.17) is 21.3 Å². The van der Waals surface area contributed by atoms with Crippen molar-refractivity contribution in [3.8, 4) is 5.75 Å². The molecule has 360 valence electrons. The first-order valence-electron chi connectivity index (χ1n) is 24.1. The second kappa shape index (κ2) is 17.1. The number of halogens is 4. The second-order valence-corrected chi connectivity index (χ2v) is 20.8. The average molecular weight is 957 g/mol. The van der Waals surface area contributed by atoms with Crippen LogP contribution in [0.25, 0.3) is 21.8 Å². The van der Waals surface area contributed by atoms with Crippen molar-refractivity contribution in [2.75, 3.05) is 72.9 Å². The number of aryl methyl sites for hydroxylation is 2. The Bertz CT molecular complexity index is 2890. The zero-order valence-electron chi connectivity index (χ0n) is 38.6. The van der Waals surface area contributed by atoms with Crippen molar-refractivity contribution in [2.24, 2.45) is 37.3 Å². The van der Waals surface area contributed by atoms with Gasteiger partial charge in [0.2, 0.25) is 23.5 Å². The molecule has 4 atom stereocenters. The molecule has 5 fully saturated rings. The summed E-state index contributed by atoms with van der Waals surface area (Å²) in [5.74, 6) is -3.12. The first-order chi connectivity index (χ1) is 32.6. The molecule has 0 radical (unpaired) electrons. The van der Waals surface area contributed by atoms with Crippen molar-refractivity contribution in [1.82, 2.24) is 34.5 Å². The molecule has 4 saturated heterocycles. The molecule has 2 amide bonds. The molecule has 6 aliphatic rings. The minimum absolute atomic E-state index is 0.107. The molecule has 1 aliphatic carbocycles. The number of carbonyl (C=O) groups is 2.